The first-order chi connectivity index (χ1) is 11.1. The van der Waals surface area contributed by atoms with Crippen LogP contribution < -0.4 is 5.32 Å². The fourth-order valence-electron chi connectivity index (χ4n) is 2.41. The lowest BCUT2D eigenvalue weighted by Gasteiger charge is -2.34. The number of rotatable bonds is 2. The van der Waals surface area contributed by atoms with Gasteiger partial charge >= 0.3 is 6.09 Å². The number of ether oxygens (including phenoxy) is 2. The second kappa shape index (κ2) is 7.12. The van der Waals surface area contributed by atoms with Crippen LogP contribution in [0.15, 0.2) is 12.4 Å². The molecular weight excluding hydrogens is 312 g/mol. The van der Waals surface area contributed by atoms with E-state index in [0.717, 1.165) is 0 Å². The highest BCUT2D eigenvalue weighted by Crippen LogP contribution is 2.14. The lowest BCUT2D eigenvalue weighted by Crippen LogP contribution is -2.48. The van der Waals surface area contributed by atoms with Crippen molar-refractivity contribution >= 4 is 17.7 Å². The molecule has 1 fully saturated rings. The third-order valence-electron chi connectivity index (χ3n) is 3.20. The Balaban J connectivity index is 1.98. The number of amides is 2. The van der Waals surface area contributed by atoms with Crippen molar-refractivity contribution in [3.8, 4) is 0 Å². The molecule has 0 unspecified atom stereocenters. The van der Waals surface area contributed by atoms with Crippen LogP contribution in [0.4, 0.5) is 10.5 Å². The van der Waals surface area contributed by atoms with E-state index in [2.05, 4.69) is 15.3 Å². The summed E-state index contributed by atoms with van der Waals surface area (Å²) in [6.07, 6.45) is 2.13. The summed E-state index contributed by atoms with van der Waals surface area (Å²) < 4.78 is 10.8. The summed E-state index contributed by atoms with van der Waals surface area (Å²) in [5.74, 6) is -0.160. The van der Waals surface area contributed by atoms with Crippen LogP contribution in [0.1, 0.15) is 45.2 Å². The molecule has 1 N–H and O–H groups in total. The van der Waals surface area contributed by atoms with Crippen molar-refractivity contribution in [3.05, 3.63) is 18.2 Å². The van der Waals surface area contributed by atoms with E-state index < -0.39 is 11.7 Å². The van der Waals surface area contributed by atoms with Gasteiger partial charge in [-0.25, -0.2) is 14.8 Å². The van der Waals surface area contributed by atoms with E-state index in [0.29, 0.717) is 18.8 Å². The van der Waals surface area contributed by atoms with Gasteiger partial charge in [0.2, 0.25) is 5.82 Å². The predicted molar refractivity (Wildman–Crippen MR) is 87.8 cm³/mol. The van der Waals surface area contributed by atoms with E-state index in [4.69, 9.17) is 9.47 Å². The van der Waals surface area contributed by atoms with Crippen molar-refractivity contribution in [1.29, 1.82) is 0 Å². The van der Waals surface area contributed by atoms with E-state index in [-0.39, 0.29) is 23.9 Å². The topological polar surface area (TPSA) is 93.7 Å². The van der Waals surface area contributed by atoms with Crippen molar-refractivity contribution < 1.29 is 19.1 Å². The van der Waals surface area contributed by atoms with Crippen molar-refractivity contribution in [1.82, 2.24) is 14.9 Å². The number of carbonyl (C=O) groups is 2. The Bertz CT molecular complexity index is 587. The Morgan fingerprint density at radius 3 is 2.25 bits per heavy atom. The Kier molecular flexibility index (Phi) is 5.38. The SMILES string of the molecule is C[C@@H]1CN(C(=O)c2ncc(NC(=O)OC(C)(C)C)cn2)C[C@H](C)O1. The third kappa shape index (κ3) is 5.16. The summed E-state index contributed by atoms with van der Waals surface area (Å²) in [6, 6.07) is 0. The molecule has 2 rings (SSSR count). The van der Waals surface area contributed by atoms with Crippen LogP contribution in [-0.2, 0) is 9.47 Å². The van der Waals surface area contributed by atoms with Gasteiger partial charge in [0.15, 0.2) is 0 Å². The van der Waals surface area contributed by atoms with Crippen LogP contribution in [0.2, 0.25) is 0 Å². The van der Waals surface area contributed by atoms with Crippen molar-refractivity contribution in [2.24, 2.45) is 0 Å². The minimum Gasteiger partial charge on any atom is -0.444 e. The zero-order valence-corrected chi connectivity index (χ0v) is 14.7. The van der Waals surface area contributed by atoms with Crippen LogP contribution in [0.3, 0.4) is 0 Å². The van der Waals surface area contributed by atoms with Crippen LogP contribution in [0, 0.1) is 0 Å². The first-order valence-corrected chi connectivity index (χ1v) is 7.91. The predicted octanol–water partition coefficient (Wildman–Crippen LogP) is 2.07. The quantitative estimate of drug-likeness (QED) is 0.888. The second-order valence-electron chi connectivity index (χ2n) is 6.89. The first-order valence-electron chi connectivity index (χ1n) is 7.91. The van der Waals surface area contributed by atoms with Gasteiger partial charge in [-0.1, -0.05) is 0 Å². The molecule has 1 saturated heterocycles. The van der Waals surface area contributed by atoms with Crippen LogP contribution in [0.25, 0.3) is 0 Å². The maximum atomic E-state index is 12.4. The van der Waals surface area contributed by atoms with E-state index in [1.165, 1.54) is 12.4 Å². The molecule has 2 heterocycles. The van der Waals surface area contributed by atoms with Crippen molar-refractivity contribution in [2.75, 3.05) is 18.4 Å². The molecule has 2 amide bonds. The van der Waals surface area contributed by atoms with E-state index >= 15 is 0 Å². The Hall–Kier alpha value is -2.22. The molecule has 1 aromatic rings. The molecule has 0 saturated carbocycles. The first kappa shape index (κ1) is 18.1. The number of hydrogen-bond donors (Lipinski definition) is 1. The smallest absolute Gasteiger partial charge is 0.412 e. The number of aromatic nitrogens is 2. The molecule has 0 bridgehead atoms. The fourth-order valence-corrected chi connectivity index (χ4v) is 2.41. The third-order valence-corrected chi connectivity index (χ3v) is 3.20. The molecule has 0 spiro atoms. The molecular formula is C16H24N4O4. The fraction of sp³-hybridized carbons (Fsp3) is 0.625. The molecule has 132 valence electrons. The molecule has 0 aliphatic carbocycles. The zero-order valence-electron chi connectivity index (χ0n) is 14.7. The van der Waals surface area contributed by atoms with Gasteiger partial charge in [0.1, 0.15) is 5.60 Å². The second-order valence-corrected chi connectivity index (χ2v) is 6.89. The molecule has 0 aromatic carbocycles. The number of morpholine rings is 1. The van der Waals surface area contributed by atoms with Gasteiger partial charge in [-0.05, 0) is 34.6 Å². The minimum absolute atomic E-state index is 0.0224. The number of nitrogens with one attached hydrogen (secondary N) is 1. The number of carbonyl (C=O) groups excluding carboxylic acids is 2. The summed E-state index contributed by atoms with van der Waals surface area (Å²) in [5, 5.41) is 2.53. The van der Waals surface area contributed by atoms with Gasteiger partial charge in [0, 0.05) is 13.1 Å². The molecule has 1 aliphatic heterocycles. The summed E-state index contributed by atoms with van der Waals surface area (Å²) in [7, 11) is 0. The van der Waals surface area contributed by atoms with Gasteiger partial charge in [0.05, 0.1) is 30.3 Å². The minimum atomic E-state index is -0.596. The number of nitrogens with zero attached hydrogens (tertiary/aromatic N) is 3. The van der Waals surface area contributed by atoms with Crippen LogP contribution in [-0.4, -0.2) is 57.8 Å². The Morgan fingerprint density at radius 2 is 1.75 bits per heavy atom. The highest BCUT2D eigenvalue weighted by Gasteiger charge is 2.28. The van der Waals surface area contributed by atoms with E-state index in [1.807, 2.05) is 13.8 Å². The van der Waals surface area contributed by atoms with Gasteiger partial charge in [0.25, 0.3) is 5.91 Å². The summed E-state index contributed by atoms with van der Waals surface area (Å²) in [6.45, 7) is 10.2. The largest absolute Gasteiger partial charge is 0.444 e. The standard InChI is InChI=1S/C16H24N4O4/c1-10-8-20(9-11(2)23-10)14(21)13-17-6-12(7-18-13)19-15(22)24-16(3,4)5/h6-7,10-11H,8-9H2,1-5H3,(H,19,22)/t10-,11+. The molecule has 8 heteroatoms. The molecule has 0 radical (unpaired) electrons. The average molecular weight is 336 g/mol. The normalized spacial score (nSPS) is 21.3. The number of anilines is 1. The molecule has 1 aliphatic rings. The van der Waals surface area contributed by atoms with Crippen molar-refractivity contribution in [3.63, 3.8) is 0 Å². The van der Waals surface area contributed by atoms with E-state index in [1.54, 1.807) is 25.7 Å². The average Bonchev–Trinajstić information content (AvgIpc) is 2.44. The monoisotopic (exact) mass is 336 g/mol. The van der Waals surface area contributed by atoms with Crippen LogP contribution in [0.5, 0.6) is 0 Å². The molecule has 2 atom stereocenters. The van der Waals surface area contributed by atoms with Gasteiger partial charge in [-0.15, -0.1) is 0 Å². The van der Waals surface area contributed by atoms with E-state index in [9.17, 15) is 9.59 Å². The van der Waals surface area contributed by atoms with Crippen LogP contribution >= 0.6 is 0 Å². The van der Waals surface area contributed by atoms with Gasteiger partial charge in [-0.3, -0.25) is 10.1 Å². The summed E-state index contributed by atoms with van der Waals surface area (Å²) in [4.78, 5) is 33.9. The van der Waals surface area contributed by atoms with Crippen molar-refractivity contribution in [2.45, 2.75) is 52.4 Å². The maximum Gasteiger partial charge on any atom is 0.412 e. The zero-order chi connectivity index (χ0) is 17.9. The van der Waals surface area contributed by atoms with Gasteiger partial charge in [-0.2, -0.15) is 0 Å². The molecule has 1 aromatic heterocycles. The highest BCUT2D eigenvalue weighted by molar-refractivity contribution is 5.91. The maximum absolute atomic E-state index is 12.4. The summed E-state index contributed by atoms with van der Waals surface area (Å²) >= 11 is 0. The highest BCUT2D eigenvalue weighted by atomic mass is 16.6. The summed E-state index contributed by atoms with van der Waals surface area (Å²) in [5.41, 5.74) is -0.227. The Morgan fingerprint density at radius 1 is 1.21 bits per heavy atom. The Labute approximate surface area is 141 Å². The lowest BCUT2D eigenvalue weighted by atomic mass is 10.2. The lowest BCUT2D eigenvalue weighted by molar-refractivity contribution is -0.0588. The van der Waals surface area contributed by atoms with Gasteiger partial charge < -0.3 is 14.4 Å². The molecule has 8 nitrogen and oxygen atoms in total. The number of hydrogen-bond acceptors (Lipinski definition) is 6. The molecule has 24 heavy (non-hydrogen) atoms.